The molecule has 1 fully saturated rings. The number of nitro benzene ring substituents is 1. The van der Waals surface area contributed by atoms with Gasteiger partial charge >= 0.3 is 5.69 Å². The van der Waals surface area contributed by atoms with Gasteiger partial charge in [0.2, 0.25) is 0 Å². The van der Waals surface area contributed by atoms with Gasteiger partial charge in [0.05, 0.1) is 25.6 Å². The second-order valence-electron chi connectivity index (χ2n) is 5.12. The number of carbonyl (C=O) groups excluding carboxylic acids is 1. The largest absolute Gasteiger partial charge is 0.502 e. The molecule has 0 aliphatic carbocycles. The Morgan fingerprint density at radius 1 is 1.19 bits per heavy atom. The number of carbonyl (C=O) groups is 1. The first-order valence-electron chi connectivity index (χ1n) is 6.98. The summed E-state index contributed by atoms with van der Waals surface area (Å²) >= 11 is 18.2. The van der Waals surface area contributed by atoms with E-state index in [0.717, 1.165) is 11.8 Å². The van der Waals surface area contributed by atoms with E-state index in [1.807, 2.05) is 0 Å². The molecule has 26 heavy (non-hydrogen) atoms. The molecular formula is C16H8Cl2N2O4S2. The molecule has 0 unspecified atom stereocenters. The van der Waals surface area contributed by atoms with Crippen molar-refractivity contribution in [1.82, 2.24) is 0 Å². The highest BCUT2D eigenvalue weighted by Crippen LogP contribution is 2.38. The Bertz CT molecular complexity index is 994. The Morgan fingerprint density at radius 2 is 1.92 bits per heavy atom. The lowest BCUT2D eigenvalue weighted by Crippen LogP contribution is -2.27. The van der Waals surface area contributed by atoms with Crippen molar-refractivity contribution in [1.29, 1.82) is 0 Å². The van der Waals surface area contributed by atoms with Gasteiger partial charge in [-0.2, -0.15) is 0 Å². The summed E-state index contributed by atoms with van der Waals surface area (Å²) in [5.74, 6) is -0.829. The molecule has 1 aliphatic rings. The first-order chi connectivity index (χ1) is 12.3. The summed E-state index contributed by atoms with van der Waals surface area (Å²) < 4.78 is 0.299. The summed E-state index contributed by atoms with van der Waals surface area (Å²) in [6.07, 6.45) is 1.48. The van der Waals surface area contributed by atoms with Crippen molar-refractivity contribution < 1.29 is 14.8 Å². The lowest BCUT2D eigenvalue weighted by atomic mass is 10.1. The van der Waals surface area contributed by atoms with Crippen molar-refractivity contribution in [3.8, 4) is 5.75 Å². The van der Waals surface area contributed by atoms with E-state index in [-0.39, 0.29) is 10.9 Å². The number of benzene rings is 2. The third-order valence-electron chi connectivity index (χ3n) is 3.45. The fraction of sp³-hybridized carbons (Fsp3) is 0. The van der Waals surface area contributed by atoms with Crippen LogP contribution in [0, 0.1) is 10.1 Å². The molecule has 132 valence electrons. The molecule has 10 heteroatoms. The van der Waals surface area contributed by atoms with Crippen LogP contribution >= 0.6 is 47.2 Å². The van der Waals surface area contributed by atoms with Crippen LogP contribution in [0.4, 0.5) is 11.4 Å². The SMILES string of the molecule is O=C1C(=Cc2ccc(O)c([N+](=O)[O-])c2)SC(=S)N1c1ccc(Cl)c(Cl)c1. The van der Waals surface area contributed by atoms with Gasteiger partial charge in [-0.3, -0.25) is 19.8 Å². The molecule has 1 N–H and O–H groups in total. The molecule has 0 spiro atoms. The van der Waals surface area contributed by atoms with E-state index >= 15 is 0 Å². The molecule has 0 radical (unpaired) electrons. The monoisotopic (exact) mass is 426 g/mol. The van der Waals surface area contributed by atoms with Crippen LogP contribution in [-0.2, 0) is 4.79 Å². The third-order valence-corrected chi connectivity index (χ3v) is 5.49. The molecule has 1 aliphatic heterocycles. The van der Waals surface area contributed by atoms with Gasteiger partial charge in [-0.25, -0.2) is 0 Å². The topological polar surface area (TPSA) is 83.7 Å². The van der Waals surface area contributed by atoms with Crippen molar-refractivity contribution in [3.05, 3.63) is 67.0 Å². The minimum Gasteiger partial charge on any atom is -0.502 e. The van der Waals surface area contributed by atoms with Crippen LogP contribution in [0.15, 0.2) is 41.3 Å². The van der Waals surface area contributed by atoms with Gasteiger partial charge in [0, 0.05) is 6.07 Å². The average molecular weight is 427 g/mol. The predicted octanol–water partition coefficient (Wildman–Crippen LogP) is 5.01. The zero-order chi connectivity index (χ0) is 19.0. The number of amides is 1. The molecule has 2 aromatic carbocycles. The van der Waals surface area contributed by atoms with Crippen LogP contribution in [0.25, 0.3) is 6.08 Å². The minimum absolute atomic E-state index is 0.288. The maximum atomic E-state index is 12.7. The highest BCUT2D eigenvalue weighted by Gasteiger charge is 2.33. The number of phenolic OH excluding ortho intramolecular Hbond substituents is 1. The molecule has 0 atom stereocenters. The molecule has 0 aromatic heterocycles. The maximum Gasteiger partial charge on any atom is 0.311 e. The summed E-state index contributed by atoms with van der Waals surface area (Å²) in [6, 6.07) is 8.56. The molecule has 1 amide bonds. The highest BCUT2D eigenvalue weighted by molar-refractivity contribution is 8.27. The van der Waals surface area contributed by atoms with Gasteiger partial charge in [-0.05, 0) is 35.9 Å². The number of aromatic hydroxyl groups is 1. The Labute approximate surface area is 167 Å². The smallest absolute Gasteiger partial charge is 0.311 e. The van der Waals surface area contributed by atoms with E-state index in [2.05, 4.69) is 0 Å². The number of phenols is 1. The number of nitro groups is 1. The Morgan fingerprint density at radius 3 is 2.58 bits per heavy atom. The van der Waals surface area contributed by atoms with Crippen LogP contribution in [0.3, 0.4) is 0 Å². The molecule has 3 rings (SSSR count). The Kier molecular flexibility index (Phi) is 5.19. The lowest BCUT2D eigenvalue weighted by molar-refractivity contribution is -0.385. The van der Waals surface area contributed by atoms with Gasteiger partial charge in [0.15, 0.2) is 10.1 Å². The first kappa shape index (κ1) is 18.7. The van der Waals surface area contributed by atoms with E-state index in [1.54, 1.807) is 12.1 Å². The number of hydrogen-bond donors (Lipinski definition) is 1. The fourth-order valence-electron chi connectivity index (χ4n) is 2.24. The Hall–Kier alpha value is -2.13. The van der Waals surface area contributed by atoms with Crippen molar-refractivity contribution in [2.24, 2.45) is 0 Å². The third kappa shape index (κ3) is 3.54. The van der Waals surface area contributed by atoms with Crippen LogP contribution in [-0.4, -0.2) is 20.3 Å². The second-order valence-corrected chi connectivity index (χ2v) is 7.61. The number of hydrogen-bond acceptors (Lipinski definition) is 6. The molecule has 1 heterocycles. The van der Waals surface area contributed by atoms with E-state index in [1.165, 1.54) is 35.2 Å². The van der Waals surface area contributed by atoms with Crippen LogP contribution in [0.5, 0.6) is 5.75 Å². The zero-order valence-corrected chi connectivity index (χ0v) is 15.8. The second kappa shape index (κ2) is 7.24. The van der Waals surface area contributed by atoms with Gasteiger partial charge in [0.25, 0.3) is 5.91 Å². The molecule has 1 saturated heterocycles. The zero-order valence-electron chi connectivity index (χ0n) is 12.7. The van der Waals surface area contributed by atoms with E-state index in [9.17, 15) is 20.0 Å². The summed E-state index contributed by atoms with van der Waals surface area (Å²) in [7, 11) is 0. The van der Waals surface area contributed by atoms with Crippen molar-refractivity contribution in [2.75, 3.05) is 4.90 Å². The summed E-state index contributed by atoms with van der Waals surface area (Å²) in [5, 5.41) is 21.1. The molecular weight excluding hydrogens is 419 g/mol. The summed E-state index contributed by atoms with van der Waals surface area (Å²) in [5.41, 5.74) is 0.421. The number of rotatable bonds is 3. The number of halogens is 2. The predicted molar refractivity (Wildman–Crippen MR) is 107 cm³/mol. The van der Waals surface area contributed by atoms with Gasteiger partial charge in [-0.1, -0.05) is 53.2 Å². The quantitative estimate of drug-likeness (QED) is 0.321. The maximum absolute atomic E-state index is 12.7. The first-order valence-corrected chi connectivity index (χ1v) is 8.96. The number of thiocarbonyl (C=S) groups is 1. The van der Waals surface area contributed by atoms with E-state index in [4.69, 9.17) is 35.4 Å². The minimum atomic E-state index is -0.701. The molecule has 2 aromatic rings. The fourth-order valence-corrected chi connectivity index (χ4v) is 3.83. The van der Waals surface area contributed by atoms with E-state index in [0.29, 0.717) is 25.5 Å². The number of anilines is 1. The van der Waals surface area contributed by atoms with Crippen molar-refractivity contribution in [2.45, 2.75) is 0 Å². The van der Waals surface area contributed by atoms with Crippen LogP contribution in [0.2, 0.25) is 10.0 Å². The van der Waals surface area contributed by atoms with Gasteiger partial charge in [-0.15, -0.1) is 0 Å². The number of nitrogens with zero attached hydrogens (tertiary/aromatic N) is 2. The van der Waals surface area contributed by atoms with Gasteiger partial charge in [0.1, 0.15) is 0 Å². The summed E-state index contributed by atoms with van der Waals surface area (Å²) in [6.45, 7) is 0. The molecule has 6 nitrogen and oxygen atoms in total. The standard InChI is InChI=1S/C16H8Cl2N2O4S2/c17-10-3-2-9(7-11(10)18)19-15(22)14(26-16(19)25)6-8-1-4-13(21)12(5-8)20(23)24/h1-7,21H. The molecule has 0 saturated carbocycles. The lowest BCUT2D eigenvalue weighted by Gasteiger charge is -2.15. The Balaban J connectivity index is 1.96. The van der Waals surface area contributed by atoms with E-state index < -0.39 is 16.4 Å². The van der Waals surface area contributed by atoms with Crippen molar-refractivity contribution >= 4 is 74.9 Å². The van der Waals surface area contributed by atoms with Crippen LogP contribution in [0.1, 0.15) is 5.56 Å². The number of thioether (sulfide) groups is 1. The average Bonchev–Trinajstić information content (AvgIpc) is 2.85. The van der Waals surface area contributed by atoms with Gasteiger partial charge < -0.3 is 5.11 Å². The van der Waals surface area contributed by atoms with Crippen LogP contribution < -0.4 is 4.90 Å². The highest BCUT2D eigenvalue weighted by atomic mass is 35.5. The summed E-state index contributed by atoms with van der Waals surface area (Å²) in [4.78, 5) is 24.5. The molecule has 0 bridgehead atoms. The van der Waals surface area contributed by atoms with Crippen molar-refractivity contribution in [3.63, 3.8) is 0 Å². The normalized spacial score (nSPS) is 15.8.